The maximum Gasteiger partial charge on any atom is 0.335 e. The number of nitrogens with one attached hydrogen (secondary N) is 1. The number of thiophene rings is 1. The molecule has 4 aromatic rings. The smallest absolute Gasteiger partial charge is 0.335 e. The normalized spacial score (nSPS) is 11.7. The zero-order chi connectivity index (χ0) is 23.2. The topological polar surface area (TPSA) is 115 Å². The molecule has 2 heterocycles. The number of carboxylic acids is 1. The lowest BCUT2D eigenvalue weighted by Crippen LogP contribution is -2.34. The minimum atomic E-state index is -0.972. The first-order valence-electron chi connectivity index (χ1n) is 10.2. The number of aromatic nitrogens is 1. The molecule has 0 aliphatic carbocycles. The van der Waals surface area contributed by atoms with Gasteiger partial charge in [-0.15, -0.1) is 20.5 Å². The van der Waals surface area contributed by atoms with E-state index >= 15 is 0 Å². The molecule has 0 saturated heterocycles. The molecule has 0 atom stereocenters. The van der Waals surface area contributed by atoms with Crippen molar-refractivity contribution in [2.24, 2.45) is 20.5 Å². The van der Waals surface area contributed by atoms with Crippen LogP contribution in [0, 0.1) is 0 Å². The number of aromatic carboxylic acids is 1. The van der Waals surface area contributed by atoms with Gasteiger partial charge in [-0.2, -0.15) is 0 Å². The minimum absolute atomic E-state index is 0.212. The van der Waals surface area contributed by atoms with Crippen LogP contribution in [0.25, 0.3) is 9.53 Å². The van der Waals surface area contributed by atoms with Crippen molar-refractivity contribution < 1.29 is 9.90 Å². The average molecular weight is 480 g/mol. The summed E-state index contributed by atoms with van der Waals surface area (Å²) in [4.78, 5) is 16.2. The number of carbonyl (C=O) groups is 1. The van der Waals surface area contributed by atoms with Gasteiger partial charge in [-0.25, -0.2) is 15.2 Å². The lowest BCUT2D eigenvalue weighted by atomic mass is 10.2. The predicted octanol–water partition coefficient (Wildman–Crippen LogP) is 7.24. The Morgan fingerprint density at radius 3 is 2.30 bits per heavy atom. The van der Waals surface area contributed by atoms with Gasteiger partial charge in [0.05, 0.1) is 27.3 Å². The molecule has 11 heteroatoms. The number of nitrogens with zero attached hydrogens (tertiary/aromatic N) is 6. The fourth-order valence-corrected chi connectivity index (χ4v) is 4.65. The molecule has 0 bridgehead atoms. The summed E-state index contributed by atoms with van der Waals surface area (Å²) in [5, 5.41) is 29.2. The standard InChI is InChI=1S/C22H21N7O2S2/c1-3-12-23-29(2)17-10-8-16(9-11-17)26-28-22-24-20-18(32-22)13-19(33-20)27-25-15-6-4-14(5-7-15)21(30)31/h4-11,13,23H,3,12H2,1-2H3,(H,30,31). The van der Waals surface area contributed by atoms with E-state index in [9.17, 15) is 4.79 Å². The van der Waals surface area contributed by atoms with E-state index in [0.717, 1.165) is 33.9 Å². The Balaban J connectivity index is 1.39. The Bertz CT molecular complexity index is 1260. The van der Waals surface area contributed by atoms with E-state index in [1.165, 1.54) is 34.8 Å². The first-order chi connectivity index (χ1) is 16.0. The lowest BCUT2D eigenvalue weighted by Gasteiger charge is -2.19. The van der Waals surface area contributed by atoms with Gasteiger partial charge in [0.25, 0.3) is 0 Å². The van der Waals surface area contributed by atoms with E-state index in [1.807, 2.05) is 42.4 Å². The summed E-state index contributed by atoms with van der Waals surface area (Å²) in [5.41, 5.74) is 5.90. The van der Waals surface area contributed by atoms with Crippen LogP contribution in [0.5, 0.6) is 0 Å². The van der Waals surface area contributed by atoms with Gasteiger partial charge in [0, 0.05) is 13.6 Å². The summed E-state index contributed by atoms with van der Waals surface area (Å²) in [5.74, 6) is -0.972. The van der Waals surface area contributed by atoms with Crippen LogP contribution in [0.3, 0.4) is 0 Å². The Hall–Kier alpha value is -3.54. The van der Waals surface area contributed by atoms with Crippen molar-refractivity contribution in [2.45, 2.75) is 13.3 Å². The molecule has 0 spiro atoms. The van der Waals surface area contributed by atoms with Gasteiger partial charge in [-0.1, -0.05) is 29.6 Å². The van der Waals surface area contributed by atoms with E-state index in [1.54, 1.807) is 12.1 Å². The number of hydrogen-bond donors (Lipinski definition) is 2. The van der Waals surface area contributed by atoms with Crippen molar-refractivity contribution in [1.29, 1.82) is 0 Å². The van der Waals surface area contributed by atoms with Crippen molar-refractivity contribution in [3.8, 4) is 0 Å². The molecular formula is C22H21N7O2S2. The number of hydrazine groups is 1. The number of thiazole rings is 1. The maximum atomic E-state index is 10.9. The van der Waals surface area contributed by atoms with Gasteiger partial charge < -0.3 is 10.1 Å². The molecule has 0 fully saturated rings. The molecule has 168 valence electrons. The monoisotopic (exact) mass is 479 g/mol. The van der Waals surface area contributed by atoms with Gasteiger partial charge in [-0.05, 0) is 61.0 Å². The number of fused-ring (bicyclic) bond motifs is 1. The summed E-state index contributed by atoms with van der Waals surface area (Å²) in [6.45, 7) is 3.05. The molecular weight excluding hydrogens is 458 g/mol. The predicted molar refractivity (Wildman–Crippen MR) is 132 cm³/mol. The van der Waals surface area contributed by atoms with E-state index in [2.05, 4.69) is 37.8 Å². The van der Waals surface area contributed by atoms with E-state index in [-0.39, 0.29) is 5.56 Å². The zero-order valence-corrected chi connectivity index (χ0v) is 19.6. The van der Waals surface area contributed by atoms with Crippen LogP contribution in [0.4, 0.5) is 27.2 Å². The number of benzene rings is 2. The summed E-state index contributed by atoms with van der Waals surface area (Å²) in [6.07, 6.45) is 1.06. The summed E-state index contributed by atoms with van der Waals surface area (Å²) in [7, 11) is 1.98. The maximum absolute atomic E-state index is 10.9. The van der Waals surface area contributed by atoms with Crippen LogP contribution in [-0.2, 0) is 0 Å². The zero-order valence-electron chi connectivity index (χ0n) is 18.0. The highest BCUT2D eigenvalue weighted by atomic mass is 32.1. The molecule has 0 amide bonds. The molecule has 0 aliphatic rings. The highest BCUT2D eigenvalue weighted by Gasteiger charge is 2.09. The molecule has 9 nitrogen and oxygen atoms in total. The molecule has 0 unspecified atom stereocenters. The lowest BCUT2D eigenvalue weighted by molar-refractivity contribution is 0.0697. The first-order valence-corrected chi connectivity index (χ1v) is 11.8. The van der Waals surface area contributed by atoms with Crippen LogP contribution in [-0.4, -0.2) is 29.7 Å². The van der Waals surface area contributed by atoms with Crippen molar-refractivity contribution >= 4 is 65.4 Å². The van der Waals surface area contributed by atoms with Crippen molar-refractivity contribution in [2.75, 3.05) is 18.6 Å². The largest absolute Gasteiger partial charge is 0.478 e. The van der Waals surface area contributed by atoms with E-state index < -0.39 is 5.97 Å². The fraction of sp³-hybridized carbons (Fsp3) is 0.182. The van der Waals surface area contributed by atoms with Crippen LogP contribution in [0.15, 0.2) is 75.1 Å². The molecule has 2 aromatic carbocycles. The molecule has 0 radical (unpaired) electrons. The highest BCUT2D eigenvalue weighted by Crippen LogP contribution is 2.39. The third kappa shape index (κ3) is 5.83. The van der Waals surface area contributed by atoms with Gasteiger partial charge in [0.1, 0.15) is 9.83 Å². The quantitative estimate of drug-likeness (QED) is 0.194. The Morgan fingerprint density at radius 1 is 1.00 bits per heavy atom. The van der Waals surface area contributed by atoms with Crippen molar-refractivity contribution in [1.82, 2.24) is 10.4 Å². The van der Waals surface area contributed by atoms with Gasteiger partial charge in [0.15, 0.2) is 0 Å². The first kappa shape index (κ1) is 22.6. The van der Waals surface area contributed by atoms with Crippen LogP contribution in [0.2, 0.25) is 0 Å². The van der Waals surface area contributed by atoms with Crippen molar-refractivity contribution in [3.05, 3.63) is 60.2 Å². The van der Waals surface area contributed by atoms with Gasteiger partial charge in [-0.3, -0.25) is 0 Å². The molecule has 2 aromatic heterocycles. The Kier molecular flexibility index (Phi) is 7.13. The summed E-state index contributed by atoms with van der Waals surface area (Å²) < 4.78 is 0.961. The van der Waals surface area contributed by atoms with Crippen LogP contribution >= 0.6 is 22.7 Å². The number of azo groups is 2. The summed E-state index contributed by atoms with van der Waals surface area (Å²) >= 11 is 2.84. The molecule has 4 rings (SSSR count). The third-order valence-corrected chi connectivity index (χ3v) is 6.46. The van der Waals surface area contributed by atoms with Gasteiger partial charge in [0.2, 0.25) is 5.13 Å². The van der Waals surface area contributed by atoms with E-state index in [0.29, 0.717) is 15.8 Å². The average Bonchev–Trinajstić information content (AvgIpc) is 3.39. The van der Waals surface area contributed by atoms with Crippen molar-refractivity contribution in [3.63, 3.8) is 0 Å². The second-order valence-electron chi connectivity index (χ2n) is 6.99. The van der Waals surface area contributed by atoms with Crippen LogP contribution in [0.1, 0.15) is 23.7 Å². The molecule has 2 N–H and O–H groups in total. The highest BCUT2D eigenvalue weighted by molar-refractivity contribution is 7.30. The van der Waals surface area contributed by atoms with Gasteiger partial charge >= 0.3 is 5.97 Å². The number of rotatable bonds is 9. The summed E-state index contributed by atoms with van der Waals surface area (Å²) in [6, 6.07) is 15.9. The SMILES string of the molecule is CCCNN(C)c1ccc(N=Nc2nc3sc(N=Nc4ccc(C(=O)O)cc4)cc3s2)cc1. The molecule has 33 heavy (non-hydrogen) atoms. The molecule has 0 aliphatic heterocycles. The fourth-order valence-electron chi connectivity index (χ4n) is 2.80. The second kappa shape index (κ2) is 10.4. The minimum Gasteiger partial charge on any atom is -0.478 e. The van der Waals surface area contributed by atoms with Crippen LogP contribution < -0.4 is 10.4 Å². The Morgan fingerprint density at radius 2 is 1.67 bits per heavy atom. The number of anilines is 1. The molecule has 0 saturated carbocycles. The third-order valence-electron chi connectivity index (χ3n) is 4.53. The van der Waals surface area contributed by atoms with E-state index in [4.69, 9.17) is 5.11 Å². The Labute approximate surface area is 198 Å². The number of hydrogen-bond acceptors (Lipinski definition) is 10. The second-order valence-corrected chi connectivity index (χ2v) is 9.00. The number of carboxylic acid groups (broad SMARTS) is 1.